The van der Waals surface area contributed by atoms with E-state index in [1.165, 1.54) is 25.7 Å². The lowest BCUT2D eigenvalue weighted by Gasteiger charge is -2.17. The lowest BCUT2D eigenvalue weighted by molar-refractivity contribution is -0.114. The van der Waals surface area contributed by atoms with Gasteiger partial charge in [-0.2, -0.15) is 0 Å². The van der Waals surface area contributed by atoms with Crippen LogP contribution in [0.5, 0.6) is 0 Å². The van der Waals surface area contributed by atoms with E-state index in [4.69, 9.17) is 0 Å². The minimum absolute atomic E-state index is 0.00359. The van der Waals surface area contributed by atoms with E-state index in [1.807, 2.05) is 32.7 Å². The zero-order valence-corrected chi connectivity index (χ0v) is 19.5. The average molecular weight is 443 g/mol. The van der Waals surface area contributed by atoms with E-state index in [-0.39, 0.29) is 11.8 Å². The predicted octanol–water partition coefficient (Wildman–Crippen LogP) is 6.57. The van der Waals surface area contributed by atoms with Crippen LogP contribution in [0.25, 0.3) is 11.1 Å². The first-order valence-electron chi connectivity index (χ1n) is 11.2. The van der Waals surface area contributed by atoms with Crippen molar-refractivity contribution in [2.45, 2.75) is 65.2 Å². The Bertz CT molecular complexity index is 880. The summed E-state index contributed by atoms with van der Waals surface area (Å²) in [6, 6.07) is 4.06. The zero-order chi connectivity index (χ0) is 21.1. The standard InChI is InChI=1S/C24H30N2O2S2/c1-3-5-7-9-13-25-17-11-15-29-21(17)19(23(25)27)20-22-18(12-16-30-22)26(24(20)28)14-10-8-6-4-2/h11-12,15-16H,3-10,13-14H2,1-2H3/b20-19-. The molecule has 4 heterocycles. The number of amides is 2. The van der Waals surface area contributed by atoms with E-state index in [0.29, 0.717) is 11.1 Å². The monoisotopic (exact) mass is 442 g/mol. The summed E-state index contributed by atoms with van der Waals surface area (Å²) in [5.74, 6) is 0.00719. The largest absolute Gasteiger partial charge is 0.307 e. The van der Waals surface area contributed by atoms with Crippen LogP contribution in [0.1, 0.15) is 75.0 Å². The molecule has 2 aliphatic heterocycles. The number of anilines is 2. The van der Waals surface area contributed by atoms with Crippen LogP contribution in [0, 0.1) is 0 Å². The fourth-order valence-electron chi connectivity index (χ4n) is 4.37. The number of unbranched alkanes of at least 4 members (excludes halogenated alkanes) is 6. The molecule has 0 aliphatic carbocycles. The van der Waals surface area contributed by atoms with E-state index < -0.39 is 0 Å². The summed E-state index contributed by atoms with van der Waals surface area (Å²) >= 11 is 3.15. The van der Waals surface area contributed by atoms with Gasteiger partial charge in [-0.25, -0.2) is 0 Å². The molecule has 6 heteroatoms. The second-order valence-electron chi connectivity index (χ2n) is 8.05. The minimum Gasteiger partial charge on any atom is -0.307 e. The predicted molar refractivity (Wildman–Crippen MR) is 128 cm³/mol. The first kappa shape index (κ1) is 21.3. The molecule has 2 aliphatic rings. The van der Waals surface area contributed by atoms with Gasteiger partial charge in [0.15, 0.2) is 0 Å². The molecule has 160 valence electrons. The Hall–Kier alpha value is -1.92. The number of carbonyl (C=O) groups excluding carboxylic acids is 2. The quantitative estimate of drug-likeness (QED) is 0.308. The van der Waals surface area contributed by atoms with E-state index in [1.54, 1.807) is 22.7 Å². The van der Waals surface area contributed by atoms with Gasteiger partial charge >= 0.3 is 0 Å². The van der Waals surface area contributed by atoms with Crippen LogP contribution < -0.4 is 9.80 Å². The summed E-state index contributed by atoms with van der Waals surface area (Å²) in [5, 5.41) is 4.07. The summed E-state index contributed by atoms with van der Waals surface area (Å²) in [6.07, 6.45) is 9.00. The molecule has 0 radical (unpaired) electrons. The average Bonchev–Trinajstić information content (AvgIpc) is 3.48. The summed E-state index contributed by atoms with van der Waals surface area (Å²) in [6.45, 7) is 5.84. The van der Waals surface area contributed by atoms with Crippen molar-refractivity contribution in [2.24, 2.45) is 0 Å². The van der Waals surface area contributed by atoms with E-state index in [9.17, 15) is 9.59 Å². The molecule has 0 unspecified atom stereocenters. The van der Waals surface area contributed by atoms with Crippen molar-refractivity contribution >= 4 is 57.0 Å². The Balaban J connectivity index is 1.64. The van der Waals surface area contributed by atoms with Crippen LogP contribution >= 0.6 is 22.7 Å². The van der Waals surface area contributed by atoms with Crippen LogP contribution in [0.3, 0.4) is 0 Å². The molecule has 0 saturated heterocycles. The summed E-state index contributed by atoms with van der Waals surface area (Å²) < 4.78 is 0. The lowest BCUT2D eigenvalue weighted by Crippen LogP contribution is -2.30. The van der Waals surface area contributed by atoms with Crippen molar-refractivity contribution in [3.8, 4) is 0 Å². The van der Waals surface area contributed by atoms with E-state index in [0.717, 1.165) is 59.9 Å². The molecule has 4 nitrogen and oxygen atoms in total. The molecule has 30 heavy (non-hydrogen) atoms. The molecular formula is C24H30N2O2S2. The molecule has 0 fully saturated rings. The third kappa shape index (κ3) is 3.76. The number of rotatable bonds is 10. The third-order valence-corrected chi connectivity index (χ3v) is 7.81. The Labute approximate surface area is 187 Å². The van der Waals surface area contributed by atoms with Crippen LogP contribution in [0.4, 0.5) is 11.4 Å². The molecular weight excluding hydrogens is 412 g/mol. The smallest absolute Gasteiger partial charge is 0.260 e. The van der Waals surface area contributed by atoms with Crippen molar-refractivity contribution in [1.29, 1.82) is 0 Å². The van der Waals surface area contributed by atoms with Crippen molar-refractivity contribution in [2.75, 3.05) is 22.9 Å². The Kier molecular flexibility index (Phi) is 6.74. The van der Waals surface area contributed by atoms with E-state index >= 15 is 0 Å². The highest BCUT2D eigenvalue weighted by Gasteiger charge is 2.43. The highest BCUT2D eigenvalue weighted by Crippen LogP contribution is 2.50. The maximum atomic E-state index is 13.5. The van der Waals surface area contributed by atoms with Crippen LogP contribution in [-0.2, 0) is 9.59 Å². The first-order chi connectivity index (χ1) is 14.7. The van der Waals surface area contributed by atoms with Crippen molar-refractivity contribution in [1.82, 2.24) is 0 Å². The van der Waals surface area contributed by atoms with Gasteiger partial charge in [0.25, 0.3) is 11.8 Å². The topological polar surface area (TPSA) is 40.6 Å². The van der Waals surface area contributed by atoms with Crippen molar-refractivity contribution < 1.29 is 9.59 Å². The van der Waals surface area contributed by atoms with Gasteiger partial charge in [-0.15, -0.1) is 22.7 Å². The van der Waals surface area contributed by atoms with Crippen molar-refractivity contribution in [3.63, 3.8) is 0 Å². The van der Waals surface area contributed by atoms with Crippen LogP contribution in [0.15, 0.2) is 22.9 Å². The minimum atomic E-state index is 0.00359. The zero-order valence-electron chi connectivity index (χ0n) is 17.9. The van der Waals surface area contributed by atoms with Gasteiger partial charge in [0.1, 0.15) is 0 Å². The fraction of sp³-hybridized carbons (Fsp3) is 0.500. The molecule has 0 saturated carbocycles. The van der Waals surface area contributed by atoms with Gasteiger partial charge in [0.2, 0.25) is 0 Å². The van der Waals surface area contributed by atoms with Crippen molar-refractivity contribution in [3.05, 3.63) is 32.6 Å². The number of hydrogen-bond acceptors (Lipinski definition) is 4. The highest BCUT2D eigenvalue weighted by atomic mass is 32.1. The normalized spacial score (nSPS) is 17.9. The fourth-order valence-corrected chi connectivity index (χ4v) is 6.24. The molecule has 0 bridgehead atoms. The molecule has 0 atom stereocenters. The molecule has 2 amide bonds. The van der Waals surface area contributed by atoms with Crippen LogP contribution in [0.2, 0.25) is 0 Å². The molecule has 4 rings (SSSR count). The molecule has 2 aromatic rings. The Morgan fingerprint density at radius 2 is 1.10 bits per heavy atom. The molecule has 0 spiro atoms. The second-order valence-corrected chi connectivity index (χ2v) is 9.89. The number of nitrogens with zero attached hydrogens (tertiary/aromatic N) is 2. The summed E-state index contributed by atoms with van der Waals surface area (Å²) in [4.78, 5) is 32.7. The van der Waals surface area contributed by atoms with Gasteiger partial charge < -0.3 is 9.80 Å². The number of hydrogen-bond donors (Lipinski definition) is 0. The van der Waals surface area contributed by atoms with Crippen LogP contribution in [-0.4, -0.2) is 24.9 Å². The molecule has 0 aromatic carbocycles. The Morgan fingerprint density at radius 1 is 0.667 bits per heavy atom. The third-order valence-electron chi connectivity index (χ3n) is 5.96. The molecule has 2 aromatic heterocycles. The summed E-state index contributed by atoms with van der Waals surface area (Å²) in [7, 11) is 0. The molecule has 0 N–H and O–H groups in total. The van der Waals surface area contributed by atoms with E-state index in [2.05, 4.69) is 13.8 Å². The SMILES string of the molecule is CCCCCCN1C(=O)/C(=C2\C(=O)N(CCCCCC)c3ccsc32)c2sccc21. The lowest BCUT2D eigenvalue weighted by atomic mass is 10.1. The maximum Gasteiger partial charge on any atom is 0.260 e. The van der Waals surface area contributed by atoms with Gasteiger partial charge in [0.05, 0.1) is 32.3 Å². The highest BCUT2D eigenvalue weighted by molar-refractivity contribution is 7.14. The number of carbonyl (C=O) groups is 2. The second kappa shape index (κ2) is 9.48. The van der Waals surface area contributed by atoms with Gasteiger partial charge in [-0.1, -0.05) is 52.4 Å². The number of fused-ring (bicyclic) bond motifs is 2. The first-order valence-corrected chi connectivity index (χ1v) is 13.0. The van der Waals surface area contributed by atoms with Gasteiger partial charge in [0, 0.05) is 13.1 Å². The maximum absolute atomic E-state index is 13.5. The summed E-state index contributed by atoms with van der Waals surface area (Å²) in [5.41, 5.74) is 3.22. The Morgan fingerprint density at radius 3 is 1.50 bits per heavy atom. The van der Waals surface area contributed by atoms with Gasteiger partial charge in [-0.05, 0) is 35.7 Å². The number of thiophene rings is 2. The van der Waals surface area contributed by atoms with Gasteiger partial charge in [-0.3, -0.25) is 9.59 Å².